The van der Waals surface area contributed by atoms with Crippen molar-refractivity contribution in [1.29, 1.82) is 0 Å². The number of nitrogens with two attached hydrogens (primary N) is 1. The second-order valence-corrected chi connectivity index (χ2v) is 5.68. The summed E-state index contributed by atoms with van der Waals surface area (Å²) in [6, 6.07) is 3.18. The molecular weight excluding hydrogens is 257 g/mol. The van der Waals surface area contributed by atoms with E-state index in [-0.39, 0.29) is 11.4 Å². The number of aromatic nitrogens is 4. The van der Waals surface area contributed by atoms with Crippen molar-refractivity contribution < 1.29 is 4.39 Å². The van der Waals surface area contributed by atoms with Gasteiger partial charge in [-0.15, -0.1) is 5.10 Å². The van der Waals surface area contributed by atoms with Crippen LogP contribution in [-0.4, -0.2) is 20.2 Å². The highest BCUT2D eigenvalue weighted by Gasteiger charge is 2.26. The van der Waals surface area contributed by atoms with E-state index in [1.54, 1.807) is 23.7 Å². The van der Waals surface area contributed by atoms with Crippen LogP contribution >= 0.6 is 0 Å². The van der Waals surface area contributed by atoms with Crippen LogP contribution in [-0.2, 0) is 5.54 Å². The van der Waals surface area contributed by atoms with Crippen LogP contribution in [0.2, 0.25) is 0 Å². The van der Waals surface area contributed by atoms with Gasteiger partial charge in [0.05, 0.1) is 11.1 Å². The minimum absolute atomic E-state index is 0.279. The van der Waals surface area contributed by atoms with Crippen LogP contribution in [0, 0.1) is 12.7 Å². The van der Waals surface area contributed by atoms with Crippen molar-refractivity contribution in [2.75, 3.05) is 5.73 Å². The highest BCUT2D eigenvalue weighted by molar-refractivity contribution is 5.63. The summed E-state index contributed by atoms with van der Waals surface area (Å²) < 4.78 is 16.0. The van der Waals surface area contributed by atoms with Crippen LogP contribution in [0.15, 0.2) is 12.1 Å². The minimum atomic E-state index is -0.331. The summed E-state index contributed by atoms with van der Waals surface area (Å²) in [5.74, 6) is 0.0823. The number of anilines is 1. The van der Waals surface area contributed by atoms with Crippen LogP contribution in [0.1, 0.15) is 39.2 Å². The van der Waals surface area contributed by atoms with E-state index in [9.17, 15) is 4.39 Å². The maximum absolute atomic E-state index is 14.3. The van der Waals surface area contributed by atoms with E-state index in [0.29, 0.717) is 22.6 Å². The van der Waals surface area contributed by atoms with E-state index in [2.05, 4.69) is 22.4 Å². The molecule has 0 aliphatic heterocycles. The number of halogens is 1. The minimum Gasteiger partial charge on any atom is -0.399 e. The zero-order valence-electron chi connectivity index (χ0n) is 12.3. The molecule has 1 heterocycles. The van der Waals surface area contributed by atoms with Crippen LogP contribution in [0.5, 0.6) is 0 Å². The smallest absolute Gasteiger partial charge is 0.185 e. The summed E-state index contributed by atoms with van der Waals surface area (Å²) >= 11 is 0. The van der Waals surface area contributed by atoms with E-state index in [4.69, 9.17) is 5.73 Å². The number of aryl methyl sites for hydroxylation is 1. The van der Waals surface area contributed by atoms with Gasteiger partial charge < -0.3 is 5.73 Å². The number of hydrogen-bond donors (Lipinski definition) is 1. The molecule has 0 fully saturated rings. The number of nitrogens with zero attached hydrogens (tertiary/aromatic N) is 4. The van der Waals surface area contributed by atoms with Gasteiger partial charge in [0.2, 0.25) is 0 Å². The summed E-state index contributed by atoms with van der Waals surface area (Å²) in [6.45, 7) is 7.85. The van der Waals surface area contributed by atoms with Crippen molar-refractivity contribution in [2.45, 2.75) is 46.1 Å². The largest absolute Gasteiger partial charge is 0.399 e. The fraction of sp³-hybridized carbons (Fsp3) is 0.500. The van der Waals surface area contributed by atoms with Crippen molar-refractivity contribution in [3.05, 3.63) is 23.5 Å². The van der Waals surface area contributed by atoms with Crippen molar-refractivity contribution in [3.8, 4) is 11.4 Å². The first-order valence-corrected chi connectivity index (χ1v) is 6.71. The highest BCUT2D eigenvalue weighted by atomic mass is 19.1. The lowest BCUT2D eigenvalue weighted by molar-refractivity contribution is 0.289. The number of nitrogen functional groups attached to an aromatic ring is 1. The van der Waals surface area contributed by atoms with Gasteiger partial charge in [0.15, 0.2) is 5.82 Å². The third-order valence-corrected chi connectivity index (χ3v) is 3.42. The van der Waals surface area contributed by atoms with Gasteiger partial charge in [-0.3, -0.25) is 0 Å². The Labute approximate surface area is 118 Å². The van der Waals surface area contributed by atoms with Crippen molar-refractivity contribution >= 4 is 5.69 Å². The number of rotatable bonds is 4. The maximum Gasteiger partial charge on any atom is 0.185 e. The topological polar surface area (TPSA) is 69.6 Å². The Bertz CT molecular complexity index is 618. The molecule has 0 unspecified atom stereocenters. The van der Waals surface area contributed by atoms with E-state index >= 15 is 0 Å². The number of tetrazole rings is 1. The molecule has 0 bridgehead atoms. The van der Waals surface area contributed by atoms with Gasteiger partial charge in [0.25, 0.3) is 0 Å². The van der Waals surface area contributed by atoms with E-state index in [0.717, 1.165) is 12.8 Å². The highest BCUT2D eigenvalue weighted by Crippen LogP contribution is 2.30. The average molecular weight is 277 g/mol. The average Bonchev–Trinajstić information content (AvgIpc) is 2.83. The van der Waals surface area contributed by atoms with E-state index < -0.39 is 0 Å². The second-order valence-electron chi connectivity index (χ2n) is 5.68. The first kappa shape index (κ1) is 14.4. The summed E-state index contributed by atoms with van der Waals surface area (Å²) in [4.78, 5) is 0. The lowest BCUT2D eigenvalue weighted by Crippen LogP contribution is -2.28. The Morgan fingerprint density at radius 3 is 2.70 bits per heavy atom. The molecule has 20 heavy (non-hydrogen) atoms. The van der Waals surface area contributed by atoms with Crippen molar-refractivity contribution in [1.82, 2.24) is 20.2 Å². The standard InChI is InChI=1S/C14H20FN5/c1-5-6-14(3,4)20-13(17-18-19-20)11-8-10(16)7-9(2)12(11)15/h7-8H,5-6,16H2,1-4H3. The molecule has 0 saturated carbocycles. The lowest BCUT2D eigenvalue weighted by Gasteiger charge is -2.25. The molecule has 0 aliphatic carbocycles. The molecule has 0 spiro atoms. The van der Waals surface area contributed by atoms with Crippen LogP contribution < -0.4 is 5.73 Å². The van der Waals surface area contributed by atoms with E-state index in [1.807, 2.05) is 13.8 Å². The van der Waals surface area contributed by atoms with Gasteiger partial charge >= 0.3 is 0 Å². The third kappa shape index (κ3) is 2.50. The molecule has 0 saturated heterocycles. The van der Waals surface area contributed by atoms with E-state index in [1.165, 1.54) is 0 Å². The lowest BCUT2D eigenvalue weighted by atomic mass is 9.98. The first-order valence-electron chi connectivity index (χ1n) is 6.71. The molecule has 0 amide bonds. The van der Waals surface area contributed by atoms with Crippen LogP contribution in [0.3, 0.4) is 0 Å². The summed E-state index contributed by atoms with van der Waals surface area (Å²) in [5, 5.41) is 11.7. The Hall–Kier alpha value is -1.98. The summed E-state index contributed by atoms with van der Waals surface area (Å²) in [5.41, 5.74) is 6.86. The Morgan fingerprint density at radius 1 is 1.35 bits per heavy atom. The SMILES string of the molecule is CCCC(C)(C)n1nnnc1-c1cc(N)cc(C)c1F. The molecule has 5 nitrogen and oxygen atoms in total. The number of hydrogen-bond acceptors (Lipinski definition) is 4. The Kier molecular flexibility index (Phi) is 3.74. The van der Waals surface area contributed by atoms with Gasteiger partial charge in [-0.05, 0) is 55.3 Å². The molecule has 0 radical (unpaired) electrons. The normalized spacial score (nSPS) is 11.8. The Morgan fingerprint density at radius 2 is 2.05 bits per heavy atom. The molecule has 2 rings (SSSR count). The maximum atomic E-state index is 14.3. The van der Waals surface area contributed by atoms with Crippen molar-refractivity contribution in [2.24, 2.45) is 0 Å². The third-order valence-electron chi connectivity index (χ3n) is 3.42. The van der Waals surface area contributed by atoms with Gasteiger partial charge in [0.1, 0.15) is 5.82 Å². The van der Waals surface area contributed by atoms with Gasteiger partial charge in [0, 0.05) is 5.69 Å². The second kappa shape index (κ2) is 5.19. The predicted molar refractivity (Wildman–Crippen MR) is 76.6 cm³/mol. The zero-order valence-corrected chi connectivity index (χ0v) is 12.3. The van der Waals surface area contributed by atoms with Gasteiger partial charge in [-0.2, -0.15) is 0 Å². The molecule has 2 N–H and O–H groups in total. The molecule has 6 heteroatoms. The zero-order chi connectivity index (χ0) is 14.9. The summed E-state index contributed by atoms with van der Waals surface area (Å²) in [6.07, 6.45) is 1.89. The first-order chi connectivity index (χ1) is 9.36. The predicted octanol–water partition coefficient (Wildman–Crippen LogP) is 2.91. The van der Waals surface area contributed by atoms with Gasteiger partial charge in [-0.1, -0.05) is 13.3 Å². The molecule has 2 aromatic rings. The quantitative estimate of drug-likeness (QED) is 0.872. The fourth-order valence-electron chi connectivity index (χ4n) is 2.44. The number of benzene rings is 1. The molecule has 108 valence electrons. The molecule has 0 aliphatic rings. The summed E-state index contributed by atoms with van der Waals surface area (Å²) in [7, 11) is 0. The fourth-order valence-corrected chi connectivity index (χ4v) is 2.44. The van der Waals surface area contributed by atoms with Crippen LogP contribution in [0.4, 0.5) is 10.1 Å². The van der Waals surface area contributed by atoms with Crippen molar-refractivity contribution in [3.63, 3.8) is 0 Å². The molecular formula is C14H20FN5. The Balaban J connectivity index is 2.59. The van der Waals surface area contributed by atoms with Gasteiger partial charge in [-0.25, -0.2) is 9.07 Å². The molecule has 1 aromatic heterocycles. The monoisotopic (exact) mass is 277 g/mol. The molecule has 0 atom stereocenters. The molecule has 1 aromatic carbocycles. The van der Waals surface area contributed by atoms with Crippen LogP contribution in [0.25, 0.3) is 11.4 Å².